The van der Waals surface area contributed by atoms with Gasteiger partial charge in [-0.3, -0.25) is 4.79 Å². The van der Waals surface area contributed by atoms with Crippen LogP contribution in [0.4, 0.5) is 9.18 Å². The van der Waals surface area contributed by atoms with Gasteiger partial charge in [-0.15, -0.1) is 5.01 Å². The van der Waals surface area contributed by atoms with Gasteiger partial charge in [0.2, 0.25) is 0 Å². The van der Waals surface area contributed by atoms with E-state index in [1.165, 1.54) is 12.3 Å². The lowest BCUT2D eigenvalue weighted by atomic mass is 9.93. The number of hydrazone groups is 1. The van der Waals surface area contributed by atoms with Crippen LogP contribution in [-0.2, 0) is 11.2 Å². The SMILES string of the molecule is C[C@]1(CCc2ccccc2)NC(=O)N(/N=C\c2ccc(-c3ccccc3F)o2)C1=O. The molecule has 1 fully saturated rings. The first-order valence-electron chi connectivity index (χ1n) is 9.56. The summed E-state index contributed by atoms with van der Waals surface area (Å²) in [5.74, 6) is -0.203. The van der Waals surface area contributed by atoms with Gasteiger partial charge in [-0.05, 0) is 49.6 Å². The van der Waals surface area contributed by atoms with Gasteiger partial charge in [0.25, 0.3) is 5.91 Å². The van der Waals surface area contributed by atoms with Crippen LogP contribution in [0.3, 0.4) is 0 Å². The molecule has 1 aliphatic heterocycles. The number of carbonyl (C=O) groups is 2. The summed E-state index contributed by atoms with van der Waals surface area (Å²) in [4.78, 5) is 25.1. The molecule has 4 rings (SSSR count). The van der Waals surface area contributed by atoms with Crippen molar-refractivity contribution in [1.82, 2.24) is 10.3 Å². The van der Waals surface area contributed by atoms with Crippen LogP contribution in [0, 0.1) is 5.82 Å². The summed E-state index contributed by atoms with van der Waals surface area (Å²) in [5.41, 5.74) is 0.366. The molecule has 1 atom stereocenters. The van der Waals surface area contributed by atoms with Crippen molar-refractivity contribution in [2.24, 2.45) is 5.10 Å². The molecule has 0 bridgehead atoms. The van der Waals surface area contributed by atoms with Crippen molar-refractivity contribution < 1.29 is 18.4 Å². The standard InChI is InChI=1S/C23H20FN3O3/c1-23(14-13-16-7-3-2-4-8-16)21(28)27(22(29)26-23)25-15-17-11-12-20(30-17)18-9-5-6-10-19(18)24/h2-12,15H,13-14H2,1H3,(H,26,29)/b25-15-/t23-/m1/s1. The second-order valence-electron chi connectivity index (χ2n) is 7.29. The molecule has 2 heterocycles. The summed E-state index contributed by atoms with van der Waals surface area (Å²) < 4.78 is 19.5. The Morgan fingerprint density at radius 2 is 1.80 bits per heavy atom. The van der Waals surface area contributed by atoms with Crippen molar-refractivity contribution in [2.75, 3.05) is 0 Å². The van der Waals surface area contributed by atoms with Gasteiger partial charge >= 0.3 is 6.03 Å². The summed E-state index contributed by atoms with van der Waals surface area (Å²) in [6, 6.07) is 18.6. The Bertz CT molecular complexity index is 1110. The number of urea groups is 1. The van der Waals surface area contributed by atoms with Crippen LogP contribution in [0.1, 0.15) is 24.7 Å². The van der Waals surface area contributed by atoms with Crippen LogP contribution >= 0.6 is 0 Å². The number of nitrogens with one attached hydrogen (secondary N) is 1. The lowest BCUT2D eigenvalue weighted by Gasteiger charge is -2.20. The number of benzene rings is 2. The number of hydrogen-bond donors (Lipinski definition) is 1. The summed E-state index contributed by atoms with van der Waals surface area (Å²) in [6.07, 6.45) is 2.36. The first kappa shape index (κ1) is 19.6. The number of amides is 3. The fourth-order valence-electron chi connectivity index (χ4n) is 3.32. The smallest absolute Gasteiger partial charge is 0.346 e. The van der Waals surface area contributed by atoms with E-state index in [1.54, 1.807) is 37.3 Å². The van der Waals surface area contributed by atoms with E-state index in [0.717, 1.165) is 10.6 Å². The van der Waals surface area contributed by atoms with Crippen molar-refractivity contribution in [3.05, 3.63) is 83.9 Å². The molecule has 3 aromatic rings. The predicted octanol–water partition coefficient (Wildman–Crippen LogP) is 4.36. The van der Waals surface area contributed by atoms with Crippen molar-refractivity contribution in [3.63, 3.8) is 0 Å². The Morgan fingerprint density at radius 1 is 1.07 bits per heavy atom. The lowest BCUT2D eigenvalue weighted by Crippen LogP contribution is -2.44. The van der Waals surface area contributed by atoms with Crippen LogP contribution < -0.4 is 5.32 Å². The summed E-state index contributed by atoms with van der Waals surface area (Å²) in [6.45, 7) is 1.69. The zero-order chi connectivity index (χ0) is 21.1. The molecule has 0 unspecified atom stereocenters. The molecule has 2 aromatic carbocycles. The number of aryl methyl sites for hydroxylation is 1. The zero-order valence-corrected chi connectivity index (χ0v) is 16.3. The molecule has 3 amide bonds. The Morgan fingerprint density at radius 3 is 2.57 bits per heavy atom. The molecule has 1 N–H and O–H groups in total. The van der Waals surface area contributed by atoms with E-state index in [-0.39, 0.29) is 0 Å². The number of hydrogen-bond acceptors (Lipinski definition) is 4. The maximum absolute atomic E-state index is 13.9. The van der Waals surface area contributed by atoms with Crippen molar-refractivity contribution in [2.45, 2.75) is 25.3 Å². The van der Waals surface area contributed by atoms with Crippen LogP contribution in [0.5, 0.6) is 0 Å². The van der Waals surface area contributed by atoms with Crippen molar-refractivity contribution >= 4 is 18.2 Å². The summed E-state index contributed by atoms with van der Waals surface area (Å²) >= 11 is 0. The topological polar surface area (TPSA) is 74.9 Å². The maximum Gasteiger partial charge on any atom is 0.346 e. The Labute approximate surface area is 173 Å². The van der Waals surface area contributed by atoms with E-state index >= 15 is 0 Å². The summed E-state index contributed by atoms with van der Waals surface area (Å²) in [5, 5.41) is 7.52. The minimum absolute atomic E-state index is 0.298. The van der Waals surface area contributed by atoms with Gasteiger partial charge in [-0.25, -0.2) is 9.18 Å². The second-order valence-corrected chi connectivity index (χ2v) is 7.29. The largest absolute Gasteiger partial charge is 0.455 e. The fourth-order valence-corrected chi connectivity index (χ4v) is 3.32. The molecule has 0 spiro atoms. The number of imide groups is 1. The van der Waals surface area contributed by atoms with Gasteiger partial charge in [0.1, 0.15) is 22.9 Å². The number of halogens is 1. The van der Waals surface area contributed by atoms with Gasteiger partial charge < -0.3 is 9.73 Å². The lowest BCUT2D eigenvalue weighted by molar-refractivity contribution is -0.130. The molecule has 1 aromatic heterocycles. The molecule has 0 aliphatic carbocycles. The molecule has 7 heteroatoms. The van der Waals surface area contributed by atoms with E-state index in [2.05, 4.69) is 10.4 Å². The highest BCUT2D eigenvalue weighted by Crippen LogP contribution is 2.25. The van der Waals surface area contributed by atoms with Gasteiger partial charge in [0.15, 0.2) is 0 Å². The fraction of sp³-hybridized carbons (Fsp3) is 0.174. The monoisotopic (exact) mass is 405 g/mol. The van der Waals surface area contributed by atoms with Crippen molar-refractivity contribution in [3.8, 4) is 11.3 Å². The minimum atomic E-state index is -1.04. The normalized spacial score (nSPS) is 18.9. The number of rotatable bonds is 6. The van der Waals surface area contributed by atoms with E-state index in [9.17, 15) is 14.0 Å². The summed E-state index contributed by atoms with van der Waals surface area (Å²) in [7, 11) is 0. The van der Waals surface area contributed by atoms with E-state index in [1.807, 2.05) is 30.3 Å². The van der Waals surface area contributed by atoms with Crippen LogP contribution in [0.2, 0.25) is 0 Å². The molecule has 1 saturated heterocycles. The van der Waals surface area contributed by atoms with Crippen LogP contribution in [-0.4, -0.2) is 28.7 Å². The minimum Gasteiger partial charge on any atom is -0.455 e. The number of furan rings is 1. The number of nitrogens with zero attached hydrogens (tertiary/aromatic N) is 2. The third kappa shape index (κ3) is 3.87. The average molecular weight is 405 g/mol. The molecule has 1 aliphatic rings. The van der Waals surface area contributed by atoms with Gasteiger partial charge in [0, 0.05) is 0 Å². The highest BCUT2D eigenvalue weighted by atomic mass is 19.1. The van der Waals surface area contributed by atoms with Crippen molar-refractivity contribution in [1.29, 1.82) is 0 Å². The zero-order valence-electron chi connectivity index (χ0n) is 16.3. The highest BCUT2D eigenvalue weighted by molar-refractivity contribution is 6.07. The van der Waals surface area contributed by atoms with Crippen LogP contribution in [0.15, 0.2) is 76.2 Å². The van der Waals surface area contributed by atoms with Gasteiger partial charge in [-0.2, -0.15) is 5.10 Å². The second kappa shape index (κ2) is 7.94. The quantitative estimate of drug-likeness (QED) is 0.489. The Hall–Kier alpha value is -3.74. The molecule has 0 radical (unpaired) electrons. The highest BCUT2D eigenvalue weighted by Gasteiger charge is 2.47. The third-order valence-corrected chi connectivity index (χ3v) is 5.06. The van der Waals surface area contributed by atoms with E-state index < -0.39 is 23.3 Å². The molecule has 0 saturated carbocycles. The molecule has 6 nitrogen and oxygen atoms in total. The van der Waals surface area contributed by atoms with Crippen LogP contribution in [0.25, 0.3) is 11.3 Å². The van der Waals surface area contributed by atoms with E-state index in [0.29, 0.717) is 29.9 Å². The Balaban J connectivity index is 1.46. The van der Waals surface area contributed by atoms with E-state index in [4.69, 9.17) is 4.42 Å². The third-order valence-electron chi connectivity index (χ3n) is 5.06. The maximum atomic E-state index is 13.9. The van der Waals surface area contributed by atoms with Gasteiger partial charge in [0.05, 0.1) is 11.8 Å². The molecule has 30 heavy (non-hydrogen) atoms. The first-order valence-corrected chi connectivity index (χ1v) is 9.56. The first-order chi connectivity index (χ1) is 14.5. The molecular weight excluding hydrogens is 385 g/mol. The van der Waals surface area contributed by atoms with Gasteiger partial charge in [-0.1, -0.05) is 42.5 Å². The average Bonchev–Trinajstić information content (AvgIpc) is 3.29. The molecule has 152 valence electrons. The Kier molecular flexibility index (Phi) is 5.18. The predicted molar refractivity (Wildman–Crippen MR) is 110 cm³/mol. The molecular formula is C23H20FN3O3. The number of carbonyl (C=O) groups excluding carboxylic acids is 2.